The highest BCUT2D eigenvalue weighted by Gasteiger charge is 2.04. The average Bonchev–Trinajstić information content (AvgIpc) is 2.66. The van der Waals surface area contributed by atoms with Gasteiger partial charge < -0.3 is 9.88 Å². The molecule has 0 saturated heterocycles. The van der Waals surface area contributed by atoms with Crippen molar-refractivity contribution in [2.45, 2.75) is 13.5 Å². The van der Waals surface area contributed by atoms with Crippen molar-refractivity contribution in [2.24, 2.45) is 0 Å². The lowest BCUT2D eigenvalue weighted by Gasteiger charge is -2.06. The van der Waals surface area contributed by atoms with Gasteiger partial charge in [-0.2, -0.15) is 0 Å². The van der Waals surface area contributed by atoms with E-state index in [0.29, 0.717) is 0 Å². The van der Waals surface area contributed by atoms with Gasteiger partial charge in [0.25, 0.3) is 0 Å². The summed E-state index contributed by atoms with van der Waals surface area (Å²) in [5.74, 6) is 0.767. The van der Waals surface area contributed by atoms with Gasteiger partial charge in [-0.15, -0.1) is 0 Å². The van der Waals surface area contributed by atoms with E-state index in [1.54, 1.807) is 41.2 Å². The maximum absolute atomic E-state index is 11.7. The lowest BCUT2D eigenvalue weighted by molar-refractivity contribution is -0.116. The van der Waals surface area contributed by atoms with E-state index in [0.717, 1.165) is 11.5 Å². The van der Waals surface area contributed by atoms with Crippen LogP contribution < -0.4 is 5.32 Å². The van der Waals surface area contributed by atoms with E-state index in [1.165, 1.54) is 0 Å². The van der Waals surface area contributed by atoms with Crippen LogP contribution in [0.4, 0.5) is 5.69 Å². The molecule has 0 spiro atoms. The number of benzene rings is 1. The minimum Gasteiger partial charge on any atom is -0.326 e. The number of hydrogen-bond donors (Lipinski definition) is 1. The summed E-state index contributed by atoms with van der Waals surface area (Å²) in [7, 11) is 0. The zero-order valence-electron chi connectivity index (χ0n) is 8.97. The third-order valence-corrected chi connectivity index (χ3v) is 2.24. The maximum atomic E-state index is 11.7. The standard InChI is InChI=1S/C12H12N3O/c1-10-13-7-8-15(10)9-12(16)14-11-5-3-2-4-6-11/h3-8H,9H2,1H3,(H,14,16). The van der Waals surface area contributed by atoms with Crippen molar-refractivity contribution in [1.82, 2.24) is 9.55 Å². The van der Waals surface area contributed by atoms with Crippen molar-refractivity contribution >= 4 is 11.6 Å². The molecule has 0 fully saturated rings. The minimum absolute atomic E-state index is 0.0627. The maximum Gasteiger partial charge on any atom is 0.244 e. The highest BCUT2D eigenvalue weighted by atomic mass is 16.1. The van der Waals surface area contributed by atoms with Crippen LogP contribution in [0.1, 0.15) is 5.82 Å². The van der Waals surface area contributed by atoms with Gasteiger partial charge in [0.05, 0.1) is 0 Å². The number of hydrogen-bond acceptors (Lipinski definition) is 2. The predicted octanol–water partition coefficient (Wildman–Crippen LogP) is 1.63. The predicted molar refractivity (Wildman–Crippen MR) is 60.9 cm³/mol. The zero-order valence-corrected chi connectivity index (χ0v) is 8.97. The summed E-state index contributed by atoms with van der Waals surface area (Å²) < 4.78 is 1.80. The van der Waals surface area contributed by atoms with Crippen molar-refractivity contribution in [3.05, 3.63) is 48.5 Å². The highest BCUT2D eigenvalue weighted by Crippen LogP contribution is 2.05. The van der Waals surface area contributed by atoms with Crippen molar-refractivity contribution < 1.29 is 4.79 Å². The molecule has 1 aromatic heterocycles. The smallest absolute Gasteiger partial charge is 0.244 e. The Morgan fingerprint density at radius 1 is 1.50 bits per heavy atom. The Balaban J connectivity index is 1.98. The molecule has 1 N–H and O–H groups in total. The Kier molecular flexibility index (Phi) is 3.00. The molecular weight excluding hydrogens is 202 g/mol. The van der Waals surface area contributed by atoms with Gasteiger partial charge in [-0.05, 0) is 25.1 Å². The Hall–Kier alpha value is -2.10. The van der Waals surface area contributed by atoms with Crippen molar-refractivity contribution in [3.8, 4) is 0 Å². The van der Waals surface area contributed by atoms with Crippen LogP contribution in [0.5, 0.6) is 0 Å². The molecule has 1 heterocycles. The van der Waals surface area contributed by atoms with E-state index in [-0.39, 0.29) is 12.5 Å². The zero-order chi connectivity index (χ0) is 11.4. The molecular formula is C12H12N3O. The van der Waals surface area contributed by atoms with Crippen molar-refractivity contribution in [3.63, 3.8) is 0 Å². The molecule has 0 aliphatic heterocycles. The number of aromatic nitrogens is 2. The third kappa shape index (κ3) is 2.48. The molecule has 81 valence electrons. The number of aryl methyl sites for hydroxylation is 1. The third-order valence-electron chi connectivity index (χ3n) is 2.24. The molecule has 2 rings (SSSR count). The normalized spacial score (nSPS) is 10.1. The summed E-state index contributed by atoms with van der Waals surface area (Å²) in [5, 5.41) is 2.80. The molecule has 0 saturated carbocycles. The van der Waals surface area contributed by atoms with E-state index in [2.05, 4.69) is 16.4 Å². The molecule has 0 atom stereocenters. The summed E-state index contributed by atoms with van der Waals surface area (Å²) in [5.41, 5.74) is 0.779. The molecule has 1 amide bonds. The number of carbonyl (C=O) groups excluding carboxylic acids is 1. The first-order chi connectivity index (χ1) is 7.75. The SMILES string of the molecule is Cc1nccn1CC(=O)Nc1cc[c]cc1. The quantitative estimate of drug-likeness (QED) is 0.844. The first kappa shape index (κ1) is 10.4. The molecule has 0 bridgehead atoms. The van der Waals surface area contributed by atoms with Crippen LogP contribution in [0.25, 0.3) is 0 Å². The number of amides is 1. The molecule has 0 aliphatic carbocycles. The Labute approximate surface area is 93.9 Å². The van der Waals surface area contributed by atoms with Crippen molar-refractivity contribution in [2.75, 3.05) is 5.32 Å². The first-order valence-electron chi connectivity index (χ1n) is 4.99. The van der Waals surface area contributed by atoms with Crippen LogP contribution in [-0.4, -0.2) is 15.5 Å². The van der Waals surface area contributed by atoms with Gasteiger partial charge in [0.1, 0.15) is 12.4 Å². The molecule has 0 aliphatic rings. The second-order valence-electron chi connectivity index (χ2n) is 3.44. The molecule has 4 nitrogen and oxygen atoms in total. The molecule has 1 aromatic carbocycles. The largest absolute Gasteiger partial charge is 0.326 e. The summed E-state index contributed by atoms with van der Waals surface area (Å²) in [4.78, 5) is 15.7. The van der Waals surface area contributed by atoms with E-state index >= 15 is 0 Å². The minimum atomic E-state index is -0.0627. The second kappa shape index (κ2) is 4.61. The number of anilines is 1. The van der Waals surface area contributed by atoms with Crippen LogP contribution in [-0.2, 0) is 11.3 Å². The number of nitrogens with zero attached hydrogens (tertiary/aromatic N) is 2. The number of rotatable bonds is 3. The van der Waals surface area contributed by atoms with E-state index < -0.39 is 0 Å². The molecule has 2 aromatic rings. The van der Waals surface area contributed by atoms with Gasteiger partial charge in [-0.3, -0.25) is 4.79 Å². The van der Waals surface area contributed by atoms with Gasteiger partial charge in [-0.1, -0.05) is 12.1 Å². The topological polar surface area (TPSA) is 46.9 Å². The van der Waals surface area contributed by atoms with Gasteiger partial charge in [0.2, 0.25) is 5.91 Å². The molecule has 1 radical (unpaired) electrons. The van der Waals surface area contributed by atoms with Gasteiger partial charge in [0.15, 0.2) is 0 Å². The second-order valence-corrected chi connectivity index (χ2v) is 3.44. The van der Waals surface area contributed by atoms with Gasteiger partial charge in [0, 0.05) is 18.1 Å². The number of carbonyl (C=O) groups is 1. The lowest BCUT2D eigenvalue weighted by atomic mass is 10.3. The fourth-order valence-corrected chi connectivity index (χ4v) is 1.40. The number of imidazole rings is 1. The van der Waals surface area contributed by atoms with Crippen LogP contribution in [0.3, 0.4) is 0 Å². The van der Waals surface area contributed by atoms with E-state index in [1.807, 2.05) is 6.92 Å². The van der Waals surface area contributed by atoms with Crippen LogP contribution in [0, 0.1) is 13.0 Å². The molecule has 0 unspecified atom stereocenters. The summed E-state index contributed by atoms with van der Waals surface area (Å²) in [6.45, 7) is 2.15. The summed E-state index contributed by atoms with van der Waals surface area (Å²) in [6.07, 6.45) is 3.47. The van der Waals surface area contributed by atoms with Crippen LogP contribution in [0.2, 0.25) is 0 Å². The van der Waals surface area contributed by atoms with Gasteiger partial charge in [-0.25, -0.2) is 4.98 Å². The Morgan fingerprint density at radius 2 is 2.25 bits per heavy atom. The Morgan fingerprint density at radius 3 is 2.88 bits per heavy atom. The van der Waals surface area contributed by atoms with Gasteiger partial charge >= 0.3 is 0 Å². The average molecular weight is 214 g/mol. The van der Waals surface area contributed by atoms with Crippen LogP contribution >= 0.6 is 0 Å². The fraction of sp³-hybridized carbons (Fsp3) is 0.167. The van der Waals surface area contributed by atoms with Crippen LogP contribution in [0.15, 0.2) is 36.7 Å². The molecule has 16 heavy (non-hydrogen) atoms. The fourth-order valence-electron chi connectivity index (χ4n) is 1.40. The van der Waals surface area contributed by atoms with E-state index in [4.69, 9.17) is 0 Å². The number of nitrogens with one attached hydrogen (secondary N) is 1. The summed E-state index contributed by atoms with van der Waals surface area (Å²) >= 11 is 0. The lowest BCUT2D eigenvalue weighted by Crippen LogP contribution is -2.18. The van der Waals surface area contributed by atoms with E-state index in [9.17, 15) is 4.79 Å². The summed E-state index contributed by atoms with van der Waals surface area (Å²) in [6, 6.07) is 10.0. The monoisotopic (exact) mass is 214 g/mol. The van der Waals surface area contributed by atoms with Crippen molar-refractivity contribution in [1.29, 1.82) is 0 Å². The molecule has 4 heteroatoms. The highest BCUT2D eigenvalue weighted by molar-refractivity contribution is 5.90. The Bertz CT molecular complexity index is 476. The first-order valence-corrected chi connectivity index (χ1v) is 4.99.